The number of H-pyrrole nitrogens is 1. The molecule has 0 unspecified atom stereocenters. The molecule has 0 aliphatic rings. The molecule has 84 valence electrons. The van der Waals surface area contributed by atoms with Crippen molar-refractivity contribution in [3.63, 3.8) is 0 Å². The maximum absolute atomic E-state index is 5.85. The first kappa shape index (κ1) is 10.7. The molecule has 16 heavy (non-hydrogen) atoms. The number of nitrogen functional groups attached to an aromatic ring is 1. The van der Waals surface area contributed by atoms with E-state index in [-0.39, 0.29) is 16.9 Å². The van der Waals surface area contributed by atoms with Gasteiger partial charge in [-0.2, -0.15) is 4.98 Å². The molecule has 0 amide bonds. The van der Waals surface area contributed by atoms with Crippen LogP contribution < -0.4 is 16.0 Å². The van der Waals surface area contributed by atoms with Crippen LogP contribution in [0.2, 0.25) is 5.02 Å². The van der Waals surface area contributed by atoms with Crippen LogP contribution in [0.3, 0.4) is 0 Å². The van der Waals surface area contributed by atoms with Crippen molar-refractivity contribution in [2.75, 3.05) is 5.43 Å². The fourth-order valence-electron chi connectivity index (χ4n) is 1.04. The molecular weight excluding hydrogens is 232 g/mol. The van der Waals surface area contributed by atoms with Crippen LogP contribution in [-0.2, 0) is 0 Å². The summed E-state index contributed by atoms with van der Waals surface area (Å²) in [5.74, 6) is 5.95. The molecule has 2 rings (SSSR count). The van der Waals surface area contributed by atoms with Gasteiger partial charge in [0.15, 0.2) is 0 Å². The number of nitrogens with zero attached hydrogens (tertiary/aromatic N) is 3. The highest BCUT2D eigenvalue weighted by Gasteiger charge is 2.09. The van der Waals surface area contributed by atoms with Gasteiger partial charge in [-0.05, 0) is 6.92 Å². The Kier molecular flexibility index (Phi) is 2.88. The van der Waals surface area contributed by atoms with Gasteiger partial charge in [0.05, 0.1) is 6.20 Å². The summed E-state index contributed by atoms with van der Waals surface area (Å²) < 4.78 is 5.35. The predicted octanol–water partition coefficient (Wildman–Crippen LogP) is 1.24. The summed E-state index contributed by atoms with van der Waals surface area (Å²) in [6.45, 7) is 1.86. The Morgan fingerprint density at radius 1 is 1.56 bits per heavy atom. The average molecular weight is 241 g/mol. The molecule has 2 aromatic rings. The van der Waals surface area contributed by atoms with Gasteiger partial charge < -0.3 is 4.74 Å². The van der Waals surface area contributed by atoms with E-state index in [9.17, 15) is 0 Å². The van der Waals surface area contributed by atoms with Gasteiger partial charge in [0.1, 0.15) is 5.02 Å². The Morgan fingerprint density at radius 3 is 3.00 bits per heavy atom. The molecule has 7 nitrogen and oxygen atoms in total. The first-order chi connectivity index (χ1) is 7.69. The fraction of sp³-hybridized carbons (Fsp3) is 0.125. The Morgan fingerprint density at radius 2 is 2.38 bits per heavy atom. The molecule has 0 aromatic carbocycles. The molecule has 0 fully saturated rings. The van der Waals surface area contributed by atoms with Crippen LogP contribution in [0.4, 0.5) is 5.95 Å². The minimum absolute atomic E-state index is 0.191. The molecule has 0 aliphatic heterocycles. The third-order valence-electron chi connectivity index (χ3n) is 1.72. The summed E-state index contributed by atoms with van der Waals surface area (Å²) >= 11 is 5.85. The van der Waals surface area contributed by atoms with Crippen molar-refractivity contribution in [2.24, 2.45) is 5.84 Å². The quantitative estimate of drug-likeness (QED) is 0.551. The fourth-order valence-corrected chi connectivity index (χ4v) is 1.17. The van der Waals surface area contributed by atoms with Crippen LogP contribution in [0.5, 0.6) is 11.8 Å². The predicted molar refractivity (Wildman–Crippen MR) is 58.3 cm³/mol. The van der Waals surface area contributed by atoms with E-state index < -0.39 is 0 Å². The van der Waals surface area contributed by atoms with E-state index in [1.165, 1.54) is 6.20 Å². The second-order valence-corrected chi connectivity index (χ2v) is 3.39. The zero-order valence-corrected chi connectivity index (χ0v) is 9.12. The summed E-state index contributed by atoms with van der Waals surface area (Å²) in [5, 5.41) is 6.90. The number of rotatable bonds is 3. The van der Waals surface area contributed by atoms with Gasteiger partial charge in [-0.15, -0.1) is 5.10 Å². The smallest absolute Gasteiger partial charge is 0.245 e. The second-order valence-electron chi connectivity index (χ2n) is 2.98. The first-order valence-corrected chi connectivity index (χ1v) is 4.76. The number of halogens is 1. The highest BCUT2D eigenvalue weighted by molar-refractivity contribution is 6.31. The lowest BCUT2D eigenvalue weighted by Gasteiger charge is -2.04. The van der Waals surface area contributed by atoms with Crippen LogP contribution in [0.25, 0.3) is 0 Å². The van der Waals surface area contributed by atoms with Crippen molar-refractivity contribution in [3.8, 4) is 11.8 Å². The molecule has 8 heteroatoms. The van der Waals surface area contributed by atoms with Gasteiger partial charge in [0.2, 0.25) is 17.7 Å². The molecule has 0 bridgehead atoms. The third kappa shape index (κ3) is 2.20. The Bertz CT molecular complexity index is 499. The van der Waals surface area contributed by atoms with Crippen molar-refractivity contribution in [3.05, 3.63) is 23.0 Å². The minimum atomic E-state index is 0.191. The van der Waals surface area contributed by atoms with Gasteiger partial charge in [0, 0.05) is 11.8 Å². The number of ether oxygens (including phenoxy) is 1. The number of nitrogens with one attached hydrogen (secondary N) is 2. The van der Waals surface area contributed by atoms with Gasteiger partial charge in [-0.25, -0.2) is 10.8 Å². The Balaban J connectivity index is 2.26. The van der Waals surface area contributed by atoms with E-state index in [0.29, 0.717) is 5.88 Å². The first-order valence-electron chi connectivity index (χ1n) is 4.38. The monoisotopic (exact) mass is 240 g/mol. The highest BCUT2D eigenvalue weighted by Crippen LogP contribution is 2.26. The second kappa shape index (κ2) is 4.33. The van der Waals surface area contributed by atoms with E-state index in [0.717, 1.165) is 5.69 Å². The summed E-state index contributed by atoms with van der Waals surface area (Å²) in [6.07, 6.45) is 1.39. The van der Waals surface area contributed by atoms with Crippen molar-refractivity contribution in [1.29, 1.82) is 0 Å². The van der Waals surface area contributed by atoms with Crippen LogP contribution in [0, 0.1) is 6.92 Å². The lowest BCUT2D eigenvalue weighted by molar-refractivity contribution is 0.443. The number of aromatic nitrogens is 4. The molecule has 0 saturated carbocycles. The normalized spacial score (nSPS) is 10.2. The van der Waals surface area contributed by atoms with Crippen LogP contribution in [-0.4, -0.2) is 20.2 Å². The zero-order chi connectivity index (χ0) is 11.5. The minimum Gasteiger partial charge on any atom is -0.417 e. The molecule has 0 radical (unpaired) electrons. The lowest BCUT2D eigenvalue weighted by atomic mass is 10.5. The van der Waals surface area contributed by atoms with Crippen molar-refractivity contribution >= 4 is 17.5 Å². The van der Waals surface area contributed by atoms with Gasteiger partial charge in [-0.3, -0.25) is 10.5 Å². The molecule has 0 saturated heterocycles. The van der Waals surface area contributed by atoms with E-state index in [1.54, 1.807) is 6.07 Å². The molecule has 2 heterocycles. The number of hydrazine groups is 1. The number of aromatic amines is 1. The standard InChI is InChI=1S/C8H9ClN6O/c1-4-2-6(15-14-4)16-7-5(9)3-11-8(12-7)13-10/h2-3H,10H2,1H3,(H,14,15)(H,11,12,13). The molecular formula is C8H9ClN6O. The van der Waals surface area contributed by atoms with E-state index in [1.807, 2.05) is 6.92 Å². The van der Waals surface area contributed by atoms with Gasteiger partial charge >= 0.3 is 0 Å². The maximum atomic E-state index is 5.85. The summed E-state index contributed by atoms with van der Waals surface area (Å²) in [5.41, 5.74) is 3.17. The van der Waals surface area contributed by atoms with E-state index in [4.69, 9.17) is 22.2 Å². The SMILES string of the molecule is Cc1cc(Oc2nc(NN)ncc2Cl)n[nH]1. The highest BCUT2D eigenvalue weighted by atomic mass is 35.5. The molecule has 4 N–H and O–H groups in total. The average Bonchev–Trinajstić information content (AvgIpc) is 2.67. The summed E-state index contributed by atoms with van der Waals surface area (Å²) in [4.78, 5) is 7.76. The number of nitrogens with two attached hydrogens (primary N) is 1. The molecule has 2 aromatic heterocycles. The summed E-state index contributed by atoms with van der Waals surface area (Å²) in [7, 11) is 0. The van der Waals surface area contributed by atoms with E-state index >= 15 is 0 Å². The van der Waals surface area contributed by atoms with Crippen molar-refractivity contribution in [2.45, 2.75) is 6.92 Å². The third-order valence-corrected chi connectivity index (χ3v) is 1.98. The van der Waals surface area contributed by atoms with Gasteiger partial charge in [-0.1, -0.05) is 11.6 Å². The van der Waals surface area contributed by atoms with Crippen LogP contribution >= 0.6 is 11.6 Å². The molecule has 0 spiro atoms. The van der Waals surface area contributed by atoms with E-state index in [2.05, 4.69) is 25.6 Å². The van der Waals surface area contributed by atoms with Gasteiger partial charge in [0.25, 0.3) is 0 Å². The Labute approximate surface area is 96.0 Å². The number of hydrogen-bond acceptors (Lipinski definition) is 6. The van der Waals surface area contributed by atoms with Crippen molar-refractivity contribution < 1.29 is 4.74 Å². The van der Waals surface area contributed by atoms with Crippen LogP contribution in [0.1, 0.15) is 5.69 Å². The largest absolute Gasteiger partial charge is 0.417 e. The lowest BCUT2D eigenvalue weighted by Crippen LogP contribution is -2.10. The molecule has 0 atom stereocenters. The Hall–Kier alpha value is -1.86. The zero-order valence-electron chi connectivity index (χ0n) is 8.36. The summed E-state index contributed by atoms with van der Waals surface area (Å²) in [6, 6.07) is 1.72. The van der Waals surface area contributed by atoms with Crippen molar-refractivity contribution in [1.82, 2.24) is 20.2 Å². The topological polar surface area (TPSA) is 102 Å². The number of anilines is 1. The van der Waals surface area contributed by atoms with Crippen LogP contribution in [0.15, 0.2) is 12.3 Å². The number of hydrogen-bond donors (Lipinski definition) is 3. The maximum Gasteiger partial charge on any atom is 0.245 e. The molecule has 0 aliphatic carbocycles. The number of aryl methyl sites for hydroxylation is 1.